The highest BCUT2D eigenvalue weighted by Gasteiger charge is 2.28. The van der Waals surface area contributed by atoms with Crippen molar-refractivity contribution >= 4 is 16.7 Å². The smallest absolute Gasteiger partial charge is 0.121 e. The molecule has 7 nitrogen and oxygen atoms in total. The van der Waals surface area contributed by atoms with Crippen LogP contribution in [0.1, 0.15) is 42.4 Å². The Labute approximate surface area is 171 Å². The summed E-state index contributed by atoms with van der Waals surface area (Å²) in [7, 11) is 1.56. The number of aryl methyl sites for hydroxylation is 1. The van der Waals surface area contributed by atoms with Crippen LogP contribution in [0.5, 0.6) is 0 Å². The Balaban J connectivity index is 1.61. The number of benzene rings is 1. The van der Waals surface area contributed by atoms with Gasteiger partial charge in [0.05, 0.1) is 35.0 Å². The third-order valence-corrected chi connectivity index (χ3v) is 5.54. The molecule has 1 atom stereocenters. The fourth-order valence-corrected chi connectivity index (χ4v) is 4.15. The number of aromatic amines is 1. The summed E-state index contributed by atoms with van der Waals surface area (Å²) in [4.78, 5) is 20.4. The van der Waals surface area contributed by atoms with Gasteiger partial charge in [0, 0.05) is 25.7 Å². The van der Waals surface area contributed by atoms with E-state index in [2.05, 4.69) is 27.2 Å². The number of pyridine rings is 1. The predicted molar refractivity (Wildman–Crippen MR) is 115 cm³/mol. The van der Waals surface area contributed by atoms with E-state index in [-0.39, 0.29) is 6.04 Å². The molecule has 4 rings (SSSR count). The van der Waals surface area contributed by atoms with Gasteiger partial charge in [0.1, 0.15) is 12.9 Å². The molecule has 0 radical (unpaired) electrons. The van der Waals surface area contributed by atoms with Crippen molar-refractivity contribution in [1.82, 2.24) is 19.9 Å². The van der Waals surface area contributed by atoms with Crippen LogP contribution in [0, 0.1) is 0 Å². The molecule has 0 fully saturated rings. The molecule has 0 amide bonds. The van der Waals surface area contributed by atoms with Gasteiger partial charge in [-0.05, 0) is 43.0 Å². The van der Waals surface area contributed by atoms with Gasteiger partial charge < -0.3 is 15.6 Å². The second-order valence-electron chi connectivity index (χ2n) is 7.42. The van der Waals surface area contributed by atoms with Crippen LogP contribution >= 0.6 is 0 Å². The number of hydrogen-bond donors (Lipinski definition) is 2. The molecular weight excluding hydrogens is 364 g/mol. The van der Waals surface area contributed by atoms with E-state index < -0.39 is 0 Å². The average molecular weight is 393 g/mol. The monoisotopic (exact) mass is 392 g/mol. The van der Waals surface area contributed by atoms with E-state index in [1.165, 1.54) is 11.3 Å². The van der Waals surface area contributed by atoms with Crippen molar-refractivity contribution in [2.75, 3.05) is 20.2 Å². The SMILES string of the molecule is CO/N=C(\CN)CCN(Cc1nc2ccccc2[nH]1)C1CCCc2cccnc21. The largest absolute Gasteiger partial charge is 0.399 e. The summed E-state index contributed by atoms with van der Waals surface area (Å²) in [5.41, 5.74) is 11.3. The molecule has 2 aromatic heterocycles. The van der Waals surface area contributed by atoms with Crippen LogP contribution in [0.3, 0.4) is 0 Å². The van der Waals surface area contributed by atoms with Crippen LogP contribution in [0.2, 0.25) is 0 Å². The van der Waals surface area contributed by atoms with Crippen LogP contribution in [0.15, 0.2) is 47.8 Å². The normalized spacial score (nSPS) is 16.9. The van der Waals surface area contributed by atoms with Gasteiger partial charge in [-0.1, -0.05) is 23.4 Å². The molecule has 0 spiro atoms. The molecule has 0 saturated heterocycles. The summed E-state index contributed by atoms with van der Waals surface area (Å²) in [5, 5.41) is 4.07. The van der Waals surface area contributed by atoms with Crippen LogP contribution in [-0.2, 0) is 17.8 Å². The summed E-state index contributed by atoms with van der Waals surface area (Å²) in [6.07, 6.45) is 5.99. The van der Waals surface area contributed by atoms with Gasteiger partial charge >= 0.3 is 0 Å². The van der Waals surface area contributed by atoms with Crippen molar-refractivity contribution in [2.24, 2.45) is 10.9 Å². The highest BCUT2D eigenvalue weighted by atomic mass is 16.6. The Hall–Kier alpha value is -2.77. The molecule has 1 aliphatic carbocycles. The quantitative estimate of drug-likeness (QED) is 0.454. The first kappa shape index (κ1) is 19.5. The van der Waals surface area contributed by atoms with Crippen LogP contribution in [0.25, 0.3) is 11.0 Å². The molecule has 2 heterocycles. The summed E-state index contributed by atoms with van der Waals surface area (Å²) < 4.78 is 0. The number of rotatable bonds is 8. The minimum Gasteiger partial charge on any atom is -0.399 e. The lowest BCUT2D eigenvalue weighted by atomic mass is 9.90. The number of nitrogens with two attached hydrogens (primary N) is 1. The third-order valence-electron chi connectivity index (χ3n) is 5.54. The number of hydrogen-bond acceptors (Lipinski definition) is 6. The first-order valence-corrected chi connectivity index (χ1v) is 10.2. The summed E-state index contributed by atoms with van der Waals surface area (Å²) in [6, 6.07) is 12.6. The van der Waals surface area contributed by atoms with E-state index in [1.54, 1.807) is 7.11 Å². The minimum atomic E-state index is 0.259. The van der Waals surface area contributed by atoms with Crippen molar-refractivity contribution in [3.8, 4) is 0 Å². The van der Waals surface area contributed by atoms with Gasteiger partial charge in [0.2, 0.25) is 0 Å². The number of para-hydroxylation sites is 2. The van der Waals surface area contributed by atoms with Gasteiger partial charge in [-0.25, -0.2) is 4.98 Å². The zero-order valence-corrected chi connectivity index (χ0v) is 16.8. The summed E-state index contributed by atoms with van der Waals surface area (Å²) >= 11 is 0. The lowest BCUT2D eigenvalue weighted by Gasteiger charge is -2.34. The molecule has 3 N–H and O–H groups in total. The Morgan fingerprint density at radius 3 is 3.03 bits per heavy atom. The van der Waals surface area contributed by atoms with Crippen molar-refractivity contribution in [3.05, 3.63) is 59.7 Å². The number of imidazole rings is 1. The maximum absolute atomic E-state index is 5.84. The van der Waals surface area contributed by atoms with E-state index in [0.29, 0.717) is 6.54 Å². The summed E-state index contributed by atoms with van der Waals surface area (Å²) in [5.74, 6) is 0.965. The Bertz CT molecular complexity index is 949. The molecular formula is C22H28N6O. The molecule has 0 bridgehead atoms. The van der Waals surface area contributed by atoms with Crippen molar-refractivity contribution in [2.45, 2.75) is 38.3 Å². The van der Waals surface area contributed by atoms with Crippen molar-refractivity contribution in [1.29, 1.82) is 0 Å². The Morgan fingerprint density at radius 2 is 2.21 bits per heavy atom. The maximum Gasteiger partial charge on any atom is 0.121 e. The van der Waals surface area contributed by atoms with E-state index in [0.717, 1.165) is 61.3 Å². The first-order chi connectivity index (χ1) is 14.3. The number of H-pyrrole nitrogens is 1. The molecule has 1 aliphatic rings. The lowest BCUT2D eigenvalue weighted by Crippen LogP contribution is -2.34. The molecule has 3 aromatic rings. The average Bonchev–Trinajstić information content (AvgIpc) is 3.17. The Kier molecular flexibility index (Phi) is 6.17. The zero-order chi connectivity index (χ0) is 20.1. The maximum atomic E-state index is 5.84. The molecule has 1 aromatic carbocycles. The molecule has 29 heavy (non-hydrogen) atoms. The Morgan fingerprint density at radius 1 is 1.31 bits per heavy atom. The number of fused-ring (bicyclic) bond motifs is 2. The highest BCUT2D eigenvalue weighted by Crippen LogP contribution is 2.33. The van der Waals surface area contributed by atoms with Gasteiger partial charge in [0.25, 0.3) is 0 Å². The minimum absolute atomic E-state index is 0.259. The third kappa shape index (κ3) is 4.46. The fourth-order valence-electron chi connectivity index (χ4n) is 4.15. The fraction of sp³-hybridized carbons (Fsp3) is 0.409. The van der Waals surface area contributed by atoms with Crippen LogP contribution in [-0.4, -0.2) is 45.8 Å². The first-order valence-electron chi connectivity index (χ1n) is 10.2. The molecule has 0 saturated carbocycles. The van der Waals surface area contributed by atoms with Gasteiger partial charge in [-0.15, -0.1) is 0 Å². The topological polar surface area (TPSA) is 92.4 Å². The van der Waals surface area contributed by atoms with Gasteiger partial charge in [-0.3, -0.25) is 9.88 Å². The van der Waals surface area contributed by atoms with E-state index >= 15 is 0 Å². The van der Waals surface area contributed by atoms with Crippen molar-refractivity contribution < 1.29 is 4.84 Å². The van der Waals surface area contributed by atoms with E-state index in [4.69, 9.17) is 20.5 Å². The second kappa shape index (κ2) is 9.15. The number of aromatic nitrogens is 3. The van der Waals surface area contributed by atoms with Crippen LogP contribution < -0.4 is 5.73 Å². The zero-order valence-electron chi connectivity index (χ0n) is 16.8. The molecule has 7 heteroatoms. The van der Waals surface area contributed by atoms with Crippen molar-refractivity contribution in [3.63, 3.8) is 0 Å². The number of nitrogens with zero attached hydrogens (tertiary/aromatic N) is 4. The molecule has 0 aliphatic heterocycles. The standard InChI is InChI=1S/C22H28N6O/c1-29-27-17(14-23)11-13-28(15-21-25-18-8-2-3-9-19(18)26-21)20-10-4-6-16-7-5-12-24-22(16)20/h2-3,5,7-9,12,20H,4,6,10-11,13-15,23H2,1H3,(H,25,26)/b27-17-. The van der Waals surface area contributed by atoms with Gasteiger partial charge in [-0.2, -0.15) is 0 Å². The van der Waals surface area contributed by atoms with E-state index in [9.17, 15) is 0 Å². The van der Waals surface area contributed by atoms with Crippen LogP contribution in [0.4, 0.5) is 0 Å². The van der Waals surface area contributed by atoms with E-state index in [1.807, 2.05) is 30.5 Å². The second-order valence-corrected chi connectivity index (χ2v) is 7.42. The number of nitrogens with one attached hydrogen (secondary N) is 1. The molecule has 152 valence electrons. The summed E-state index contributed by atoms with van der Waals surface area (Å²) in [6.45, 7) is 1.93. The lowest BCUT2D eigenvalue weighted by molar-refractivity contribution is 0.165. The highest BCUT2D eigenvalue weighted by molar-refractivity contribution is 5.85. The predicted octanol–water partition coefficient (Wildman–Crippen LogP) is 3.19. The van der Waals surface area contributed by atoms with Gasteiger partial charge in [0.15, 0.2) is 0 Å². The molecule has 1 unspecified atom stereocenters. The number of oxime groups is 1.